The van der Waals surface area contributed by atoms with Crippen LogP contribution >= 0.6 is 0 Å². The smallest absolute Gasteiger partial charge is 0.260 e. The summed E-state index contributed by atoms with van der Waals surface area (Å²) in [5, 5.41) is -2.43. The van der Waals surface area contributed by atoms with E-state index < -0.39 is 38.3 Å². The van der Waals surface area contributed by atoms with Gasteiger partial charge in [-0.25, -0.2) is 8.42 Å². The maximum absolute atomic E-state index is 13.0. The molecule has 6 nitrogen and oxygen atoms in total. The van der Waals surface area contributed by atoms with E-state index in [-0.39, 0.29) is 5.41 Å². The van der Waals surface area contributed by atoms with E-state index in [0.29, 0.717) is 11.1 Å². The minimum atomic E-state index is -3.93. The Kier molecular flexibility index (Phi) is 4.36. The number of sulfone groups is 1. The molecule has 1 amide bonds. The first kappa shape index (κ1) is 18.8. The third-order valence-corrected chi connectivity index (χ3v) is 7.37. The van der Waals surface area contributed by atoms with E-state index in [2.05, 4.69) is 20.8 Å². The van der Waals surface area contributed by atoms with Gasteiger partial charge in [0.05, 0.1) is 0 Å². The summed E-state index contributed by atoms with van der Waals surface area (Å²) in [6.07, 6.45) is 0.401. The van der Waals surface area contributed by atoms with Crippen molar-refractivity contribution in [1.82, 2.24) is 4.90 Å². The number of ether oxygens (including phenoxy) is 1. The number of carbonyl (C=O) groups is 2. The molecule has 0 aromatic heterocycles. The normalized spacial score (nSPS) is 27.4. The Morgan fingerprint density at radius 1 is 1.15 bits per heavy atom. The Morgan fingerprint density at radius 2 is 1.73 bits per heavy atom. The molecule has 3 atom stereocenters. The van der Waals surface area contributed by atoms with Gasteiger partial charge < -0.3 is 4.74 Å². The number of carbonyl (C=O) groups excluding carboxylic acids is 2. The van der Waals surface area contributed by atoms with Crippen molar-refractivity contribution in [3.63, 3.8) is 0 Å². The van der Waals surface area contributed by atoms with Gasteiger partial charge in [0.15, 0.2) is 27.1 Å². The van der Waals surface area contributed by atoms with E-state index in [1.807, 2.05) is 12.1 Å². The van der Waals surface area contributed by atoms with Crippen LogP contribution in [0.15, 0.2) is 36.0 Å². The second kappa shape index (κ2) is 6.03. The number of amides is 1. The largest absolute Gasteiger partial charge is 0.368 e. The zero-order chi connectivity index (χ0) is 19.4. The maximum Gasteiger partial charge on any atom is 0.260 e. The van der Waals surface area contributed by atoms with Crippen molar-refractivity contribution < 1.29 is 22.7 Å². The molecule has 0 N–H and O–H groups in total. The van der Waals surface area contributed by atoms with E-state index in [0.717, 1.165) is 10.5 Å². The molecule has 0 saturated carbocycles. The fraction of sp³-hybridized carbons (Fsp3) is 0.474. The van der Waals surface area contributed by atoms with E-state index in [9.17, 15) is 18.0 Å². The third kappa shape index (κ3) is 2.70. The highest BCUT2D eigenvalue weighted by Gasteiger charge is 2.60. The minimum absolute atomic E-state index is 0.0627. The molecule has 0 spiro atoms. The zero-order valence-electron chi connectivity index (χ0n) is 15.5. The molecule has 1 aromatic rings. The standard InChI is InChI=1S/C19H23NO5S/c1-11-10-20-17(22)15(25-5)18(20)26(23,24)16(11)14(21)12-6-8-13(9-7-12)19(2,3)4/h6-10,15-16,18H,1-5H3/t15-,16?,18+/m0/s1. The summed E-state index contributed by atoms with van der Waals surface area (Å²) in [6, 6.07) is 7.02. The van der Waals surface area contributed by atoms with Crippen molar-refractivity contribution in [3.8, 4) is 0 Å². The van der Waals surface area contributed by atoms with Crippen LogP contribution in [-0.2, 0) is 24.8 Å². The first-order valence-corrected chi connectivity index (χ1v) is 10.0. The zero-order valence-corrected chi connectivity index (χ0v) is 16.3. The number of benzene rings is 1. The second-order valence-electron chi connectivity index (χ2n) is 7.83. The molecule has 7 heteroatoms. The van der Waals surface area contributed by atoms with E-state index in [1.54, 1.807) is 19.1 Å². The predicted molar refractivity (Wildman–Crippen MR) is 97.4 cm³/mol. The fourth-order valence-corrected chi connectivity index (χ4v) is 5.82. The second-order valence-corrected chi connectivity index (χ2v) is 9.96. The van der Waals surface area contributed by atoms with Crippen LogP contribution in [0.1, 0.15) is 43.6 Å². The molecule has 2 aliphatic heterocycles. The highest BCUT2D eigenvalue weighted by molar-refractivity contribution is 7.93. The van der Waals surface area contributed by atoms with Gasteiger partial charge in [0.2, 0.25) is 0 Å². The summed E-state index contributed by atoms with van der Waals surface area (Å²) >= 11 is 0. The van der Waals surface area contributed by atoms with Crippen molar-refractivity contribution in [1.29, 1.82) is 0 Å². The lowest BCUT2D eigenvalue weighted by atomic mass is 9.86. The van der Waals surface area contributed by atoms with Gasteiger partial charge in [0, 0.05) is 18.9 Å². The third-order valence-electron chi connectivity index (χ3n) is 4.98. The van der Waals surface area contributed by atoms with Crippen LogP contribution in [0.25, 0.3) is 0 Å². The van der Waals surface area contributed by atoms with Crippen molar-refractivity contribution >= 4 is 21.5 Å². The van der Waals surface area contributed by atoms with E-state index >= 15 is 0 Å². The number of β-lactam (4-membered cyclic amide) rings is 1. The number of methoxy groups -OCH3 is 1. The van der Waals surface area contributed by atoms with Gasteiger partial charge in [-0.3, -0.25) is 14.5 Å². The first-order valence-electron chi connectivity index (χ1n) is 8.41. The number of fused-ring (bicyclic) bond motifs is 1. The molecule has 2 heterocycles. The molecule has 1 unspecified atom stereocenters. The Balaban J connectivity index is 1.98. The molecule has 0 bridgehead atoms. The molecule has 0 aliphatic carbocycles. The molecule has 3 rings (SSSR count). The van der Waals surface area contributed by atoms with Crippen molar-refractivity contribution in [2.75, 3.05) is 7.11 Å². The van der Waals surface area contributed by atoms with Crippen LogP contribution < -0.4 is 0 Å². The van der Waals surface area contributed by atoms with Gasteiger partial charge in [-0.15, -0.1) is 0 Å². The Hall–Kier alpha value is -1.99. The van der Waals surface area contributed by atoms with E-state index in [4.69, 9.17) is 4.74 Å². The summed E-state index contributed by atoms with van der Waals surface area (Å²) in [6.45, 7) is 7.76. The number of hydrogen-bond donors (Lipinski definition) is 0. The van der Waals surface area contributed by atoms with Gasteiger partial charge in [-0.05, 0) is 23.5 Å². The van der Waals surface area contributed by atoms with Gasteiger partial charge in [0.25, 0.3) is 5.91 Å². The van der Waals surface area contributed by atoms with Gasteiger partial charge in [-0.1, -0.05) is 45.0 Å². The Labute approximate surface area is 153 Å². The van der Waals surface area contributed by atoms with Gasteiger partial charge in [-0.2, -0.15) is 0 Å². The topological polar surface area (TPSA) is 80.8 Å². The fourth-order valence-electron chi connectivity index (χ4n) is 3.47. The molecule has 1 saturated heterocycles. The highest BCUT2D eigenvalue weighted by Crippen LogP contribution is 2.38. The quantitative estimate of drug-likeness (QED) is 0.595. The van der Waals surface area contributed by atoms with Crippen LogP contribution in [0.2, 0.25) is 0 Å². The summed E-state index contributed by atoms with van der Waals surface area (Å²) in [5.41, 5.74) is 1.68. The number of Topliss-reactive ketones (excluding diaryl/α,β-unsaturated/α-hetero) is 1. The summed E-state index contributed by atoms with van der Waals surface area (Å²) < 4.78 is 31.0. The summed E-state index contributed by atoms with van der Waals surface area (Å²) in [5.74, 6) is -0.881. The first-order chi connectivity index (χ1) is 12.0. The lowest BCUT2D eigenvalue weighted by molar-refractivity contribution is -0.157. The summed E-state index contributed by atoms with van der Waals surface area (Å²) in [7, 11) is -2.64. The van der Waals surface area contributed by atoms with Crippen LogP contribution in [-0.4, -0.2) is 48.8 Å². The monoisotopic (exact) mass is 377 g/mol. The predicted octanol–water partition coefficient (Wildman–Crippen LogP) is 2.05. The van der Waals surface area contributed by atoms with Crippen LogP contribution in [0, 0.1) is 0 Å². The van der Waals surface area contributed by atoms with Crippen molar-refractivity contribution in [2.24, 2.45) is 0 Å². The molecule has 1 aromatic carbocycles. The number of ketones is 1. The summed E-state index contributed by atoms with van der Waals surface area (Å²) in [4.78, 5) is 26.1. The SMILES string of the molecule is CO[C@H]1C(=O)N2C=C(C)C(C(=O)c3ccc(C(C)(C)C)cc3)S(=O)(=O)[C@H]12. The average Bonchev–Trinajstić information content (AvgIpc) is 2.55. The average molecular weight is 377 g/mol. The molecule has 2 aliphatic rings. The molecule has 140 valence electrons. The minimum Gasteiger partial charge on any atom is -0.368 e. The maximum atomic E-state index is 13.0. The Morgan fingerprint density at radius 3 is 2.23 bits per heavy atom. The lowest BCUT2D eigenvalue weighted by Gasteiger charge is -2.47. The lowest BCUT2D eigenvalue weighted by Crippen LogP contribution is -2.70. The molecule has 26 heavy (non-hydrogen) atoms. The Bertz CT molecular complexity index is 893. The van der Waals surface area contributed by atoms with Crippen molar-refractivity contribution in [2.45, 2.75) is 49.8 Å². The number of rotatable bonds is 3. The molecule has 0 radical (unpaired) electrons. The highest BCUT2D eigenvalue weighted by atomic mass is 32.2. The van der Waals surface area contributed by atoms with Gasteiger partial charge >= 0.3 is 0 Å². The van der Waals surface area contributed by atoms with Crippen LogP contribution in [0.4, 0.5) is 0 Å². The van der Waals surface area contributed by atoms with Crippen LogP contribution in [0.3, 0.4) is 0 Å². The number of nitrogens with zero attached hydrogens (tertiary/aromatic N) is 1. The number of hydrogen-bond acceptors (Lipinski definition) is 5. The molecule has 1 fully saturated rings. The van der Waals surface area contributed by atoms with Crippen LogP contribution in [0.5, 0.6) is 0 Å². The van der Waals surface area contributed by atoms with Crippen molar-refractivity contribution in [3.05, 3.63) is 47.2 Å². The molecular weight excluding hydrogens is 354 g/mol. The van der Waals surface area contributed by atoms with Gasteiger partial charge in [0.1, 0.15) is 5.25 Å². The molecular formula is C19H23NO5S. The van der Waals surface area contributed by atoms with E-state index in [1.165, 1.54) is 13.3 Å².